The molecule has 1 aromatic carbocycles. The summed E-state index contributed by atoms with van der Waals surface area (Å²) < 4.78 is 5.78. The maximum atomic E-state index is 10.6. The average Bonchev–Trinajstić information content (AvgIpc) is 2.99. The van der Waals surface area contributed by atoms with Crippen LogP contribution in [0, 0.1) is 0 Å². The molecule has 0 saturated carbocycles. The van der Waals surface area contributed by atoms with Crippen molar-refractivity contribution in [1.29, 1.82) is 0 Å². The molecule has 5 heteroatoms. The van der Waals surface area contributed by atoms with E-state index in [2.05, 4.69) is 28.6 Å². The van der Waals surface area contributed by atoms with E-state index in [1.54, 1.807) is 0 Å². The van der Waals surface area contributed by atoms with E-state index in [1.807, 2.05) is 6.07 Å². The normalized spacial score (nSPS) is 15.0. The minimum absolute atomic E-state index is 0.175. The van der Waals surface area contributed by atoms with Crippen LogP contribution in [-0.4, -0.2) is 37.1 Å². The third-order valence-electron chi connectivity index (χ3n) is 3.63. The summed E-state index contributed by atoms with van der Waals surface area (Å²) in [6, 6.07) is 8.35. The number of carbonyl (C=O) groups excluding carboxylic acids is 1. The zero-order valence-electron chi connectivity index (χ0n) is 13.3. The van der Waals surface area contributed by atoms with Gasteiger partial charge in [-0.1, -0.05) is 12.1 Å². The van der Waals surface area contributed by atoms with E-state index in [0.717, 1.165) is 25.1 Å². The SMILES string of the molecule is CC(=O)NOCCCCOc1cccc(CN2CCCC2)c1. The molecule has 1 aromatic rings. The molecule has 0 radical (unpaired) electrons. The molecule has 0 aliphatic carbocycles. The second-order valence-corrected chi connectivity index (χ2v) is 5.69. The smallest absolute Gasteiger partial charge is 0.240 e. The number of nitrogens with zero attached hydrogens (tertiary/aromatic N) is 1. The van der Waals surface area contributed by atoms with Crippen molar-refractivity contribution in [2.24, 2.45) is 0 Å². The van der Waals surface area contributed by atoms with E-state index in [0.29, 0.717) is 13.2 Å². The zero-order chi connectivity index (χ0) is 15.6. The molecule has 1 fully saturated rings. The van der Waals surface area contributed by atoms with Gasteiger partial charge in [-0.3, -0.25) is 14.5 Å². The quantitative estimate of drug-likeness (QED) is 0.562. The van der Waals surface area contributed by atoms with Crippen molar-refractivity contribution >= 4 is 5.91 Å². The molecule has 0 atom stereocenters. The van der Waals surface area contributed by atoms with Gasteiger partial charge in [0.15, 0.2) is 0 Å². The highest BCUT2D eigenvalue weighted by molar-refractivity contribution is 5.71. The lowest BCUT2D eigenvalue weighted by Gasteiger charge is -2.15. The second kappa shape index (κ2) is 9.43. The monoisotopic (exact) mass is 306 g/mol. The topological polar surface area (TPSA) is 50.8 Å². The van der Waals surface area contributed by atoms with Crippen molar-refractivity contribution in [3.05, 3.63) is 29.8 Å². The molecule has 2 rings (SSSR count). The summed E-state index contributed by atoms with van der Waals surface area (Å²) in [5.41, 5.74) is 3.62. The van der Waals surface area contributed by atoms with Gasteiger partial charge in [0.05, 0.1) is 13.2 Å². The lowest BCUT2D eigenvalue weighted by molar-refractivity contribution is -0.131. The first-order valence-electron chi connectivity index (χ1n) is 8.06. The van der Waals surface area contributed by atoms with Gasteiger partial charge in [-0.25, -0.2) is 5.48 Å². The predicted molar refractivity (Wildman–Crippen MR) is 85.5 cm³/mol. The Hall–Kier alpha value is -1.59. The van der Waals surface area contributed by atoms with Crippen LogP contribution in [0.4, 0.5) is 0 Å². The van der Waals surface area contributed by atoms with Gasteiger partial charge in [0.25, 0.3) is 0 Å². The summed E-state index contributed by atoms with van der Waals surface area (Å²) in [4.78, 5) is 18.1. The second-order valence-electron chi connectivity index (χ2n) is 5.69. The van der Waals surface area contributed by atoms with Crippen molar-refractivity contribution < 1.29 is 14.4 Å². The minimum atomic E-state index is -0.175. The first-order chi connectivity index (χ1) is 10.7. The van der Waals surface area contributed by atoms with Gasteiger partial charge < -0.3 is 4.74 Å². The Bertz CT molecular complexity index is 459. The summed E-state index contributed by atoms with van der Waals surface area (Å²) in [6.45, 7) is 6.04. The Kier molecular flexibility index (Phi) is 7.19. The third kappa shape index (κ3) is 6.45. The van der Waals surface area contributed by atoms with Gasteiger partial charge in [0, 0.05) is 13.5 Å². The number of unbranched alkanes of at least 4 members (excludes halogenated alkanes) is 1. The number of hydrogen-bond donors (Lipinski definition) is 1. The average molecular weight is 306 g/mol. The van der Waals surface area contributed by atoms with Crippen LogP contribution >= 0.6 is 0 Å². The Balaban J connectivity index is 1.62. The van der Waals surface area contributed by atoms with Gasteiger partial charge in [-0.05, 0) is 56.5 Å². The van der Waals surface area contributed by atoms with E-state index in [4.69, 9.17) is 9.57 Å². The highest BCUT2D eigenvalue weighted by atomic mass is 16.6. The number of nitrogens with one attached hydrogen (secondary N) is 1. The molecule has 1 amide bonds. The van der Waals surface area contributed by atoms with E-state index in [9.17, 15) is 4.79 Å². The van der Waals surface area contributed by atoms with Crippen molar-refractivity contribution in [2.75, 3.05) is 26.3 Å². The number of ether oxygens (including phenoxy) is 1. The number of carbonyl (C=O) groups is 1. The molecule has 1 aliphatic rings. The first kappa shape index (κ1) is 16.8. The van der Waals surface area contributed by atoms with Crippen LogP contribution in [0.15, 0.2) is 24.3 Å². The van der Waals surface area contributed by atoms with Crippen LogP contribution in [0.3, 0.4) is 0 Å². The fraction of sp³-hybridized carbons (Fsp3) is 0.588. The molecule has 0 aromatic heterocycles. The summed E-state index contributed by atoms with van der Waals surface area (Å²) >= 11 is 0. The van der Waals surface area contributed by atoms with E-state index >= 15 is 0 Å². The van der Waals surface area contributed by atoms with Crippen molar-refractivity contribution in [3.63, 3.8) is 0 Å². The van der Waals surface area contributed by atoms with Gasteiger partial charge in [0.1, 0.15) is 5.75 Å². The van der Waals surface area contributed by atoms with E-state index < -0.39 is 0 Å². The fourth-order valence-electron chi connectivity index (χ4n) is 2.55. The molecule has 1 aliphatic heterocycles. The number of hydrogen-bond acceptors (Lipinski definition) is 4. The van der Waals surface area contributed by atoms with Crippen LogP contribution in [-0.2, 0) is 16.2 Å². The Morgan fingerprint density at radius 1 is 1.23 bits per heavy atom. The van der Waals surface area contributed by atoms with Crippen LogP contribution in [0.5, 0.6) is 5.75 Å². The molecule has 0 bridgehead atoms. The lowest BCUT2D eigenvalue weighted by atomic mass is 10.2. The summed E-state index contributed by atoms with van der Waals surface area (Å²) in [6.07, 6.45) is 4.39. The Morgan fingerprint density at radius 2 is 2.00 bits per heavy atom. The minimum Gasteiger partial charge on any atom is -0.494 e. The summed E-state index contributed by atoms with van der Waals surface area (Å²) in [7, 11) is 0. The maximum absolute atomic E-state index is 10.6. The Morgan fingerprint density at radius 3 is 2.77 bits per heavy atom. The van der Waals surface area contributed by atoms with Gasteiger partial charge in [0.2, 0.25) is 5.91 Å². The van der Waals surface area contributed by atoms with Crippen molar-refractivity contribution in [1.82, 2.24) is 10.4 Å². The summed E-state index contributed by atoms with van der Waals surface area (Å²) in [5.74, 6) is 0.755. The van der Waals surface area contributed by atoms with Gasteiger partial charge in [-0.15, -0.1) is 0 Å². The molecule has 0 spiro atoms. The summed E-state index contributed by atoms with van der Waals surface area (Å²) in [5, 5.41) is 0. The first-order valence-corrected chi connectivity index (χ1v) is 8.06. The molecule has 5 nitrogen and oxygen atoms in total. The van der Waals surface area contributed by atoms with Crippen molar-refractivity contribution in [2.45, 2.75) is 39.2 Å². The van der Waals surface area contributed by atoms with E-state index in [-0.39, 0.29) is 5.91 Å². The lowest BCUT2D eigenvalue weighted by Crippen LogP contribution is -2.20. The van der Waals surface area contributed by atoms with E-state index in [1.165, 1.54) is 38.4 Å². The number of amides is 1. The number of rotatable bonds is 9. The van der Waals surface area contributed by atoms with Crippen LogP contribution < -0.4 is 10.2 Å². The molecule has 22 heavy (non-hydrogen) atoms. The zero-order valence-corrected chi connectivity index (χ0v) is 13.3. The standard InChI is InChI=1S/C17H26N2O3/c1-15(20)18-22-12-5-4-11-21-17-8-6-7-16(13-17)14-19-9-2-3-10-19/h6-8,13H,2-5,9-12,14H2,1H3,(H,18,20). The number of hydroxylamine groups is 1. The van der Waals surface area contributed by atoms with Crippen molar-refractivity contribution in [3.8, 4) is 5.75 Å². The predicted octanol–water partition coefficient (Wildman–Crippen LogP) is 2.51. The third-order valence-corrected chi connectivity index (χ3v) is 3.63. The van der Waals surface area contributed by atoms with Crippen LogP contribution in [0.1, 0.15) is 38.2 Å². The van der Waals surface area contributed by atoms with Gasteiger partial charge >= 0.3 is 0 Å². The highest BCUT2D eigenvalue weighted by Crippen LogP contribution is 2.17. The maximum Gasteiger partial charge on any atom is 0.240 e. The highest BCUT2D eigenvalue weighted by Gasteiger charge is 2.11. The van der Waals surface area contributed by atoms with Crippen LogP contribution in [0.2, 0.25) is 0 Å². The number of likely N-dealkylation sites (tertiary alicyclic amines) is 1. The van der Waals surface area contributed by atoms with Crippen LogP contribution in [0.25, 0.3) is 0 Å². The molecule has 0 unspecified atom stereocenters. The number of benzene rings is 1. The molecule has 122 valence electrons. The largest absolute Gasteiger partial charge is 0.494 e. The van der Waals surface area contributed by atoms with Gasteiger partial charge in [-0.2, -0.15) is 0 Å². The molecule has 1 heterocycles. The molecular weight excluding hydrogens is 280 g/mol. The molecule has 1 saturated heterocycles. The fourth-order valence-corrected chi connectivity index (χ4v) is 2.55. The molecule has 1 N–H and O–H groups in total. The molecular formula is C17H26N2O3. The Labute approximate surface area is 132 Å².